The van der Waals surface area contributed by atoms with Crippen molar-refractivity contribution in [2.45, 2.75) is 44.7 Å². The SMILES string of the molecule is CC(C)C(=O)C1CC2COCC(C1)N2C(=O)OCC1c2ccccc2-c2ccccc21. The Labute approximate surface area is 183 Å². The van der Waals surface area contributed by atoms with Crippen LogP contribution in [0.25, 0.3) is 11.1 Å². The van der Waals surface area contributed by atoms with Gasteiger partial charge in [0, 0.05) is 17.8 Å². The van der Waals surface area contributed by atoms with Gasteiger partial charge in [-0.2, -0.15) is 0 Å². The van der Waals surface area contributed by atoms with Crippen LogP contribution in [-0.4, -0.2) is 48.7 Å². The first-order valence-corrected chi connectivity index (χ1v) is 11.3. The summed E-state index contributed by atoms with van der Waals surface area (Å²) in [6, 6.07) is 16.5. The van der Waals surface area contributed by atoms with E-state index in [0.29, 0.717) is 38.4 Å². The Morgan fingerprint density at radius 1 is 0.968 bits per heavy atom. The minimum absolute atomic E-state index is 0.0107. The lowest BCUT2D eigenvalue weighted by atomic mass is 9.80. The van der Waals surface area contributed by atoms with Crippen molar-refractivity contribution in [3.05, 3.63) is 59.7 Å². The molecule has 2 fully saturated rings. The molecule has 2 atom stereocenters. The molecule has 2 heterocycles. The van der Waals surface area contributed by atoms with Crippen molar-refractivity contribution >= 4 is 11.9 Å². The predicted octanol–water partition coefficient (Wildman–Crippen LogP) is 4.64. The van der Waals surface area contributed by atoms with E-state index >= 15 is 0 Å². The third-order valence-corrected chi connectivity index (χ3v) is 7.04. The molecule has 3 aliphatic rings. The number of rotatable bonds is 4. The van der Waals surface area contributed by atoms with E-state index in [2.05, 4.69) is 24.3 Å². The third-order valence-electron chi connectivity index (χ3n) is 7.04. The van der Waals surface area contributed by atoms with Crippen molar-refractivity contribution in [1.29, 1.82) is 0 Å². The fourth-order valence-corrected chi connectivity index (χ4v) is 5.59. The zero-order valence-electron chi connectivity index (χ0n) is 18.1. The molecule has 2 aromatic carbocycles. The summed E-state index contributed by atoms with van der Waals surface area (Å²) in [5, 5.41) is 0. The van der Waals surface area contributed by atoms with Crippen molar-refractivity contribution in [3.63, 3.8) is 0 Å². The molecule has 0 N–H and O–H groups in total. The molecule has 1 aliphatic carbocycles. The number of carbonyl (C=O) groups excluding carboxylic acids is 2. The van der Waals surface area contributed by atoms with Gasteiger partial charge in [0.1, 0.15) is 12.4 Å². The Bertz CT molecular complexity index is 941. The highest BCUT2D eigenvalue weighted by atomic mass is 16.6. The van der Waals surface area contributed by atoms with E-state index in [0.717, 1.165) is 0 Å². The molecule has 31 heavy (non-hydrogen) atoms. The van der Waals surface area contributed by atoms with Gasteiger partial charge in [-0.15, -0.1) is 0 Å². The highest BCUT2D eigenvalue weighted by molar-refractivity contribution is 5.83. The van der Waals surface area contributed by atoms with E-state index in [1.54, 1.807) is 0 Å². The highest BCUT2D eigenvalue weighted by Gasteiger charge is 2.45. The minimum atomic E-state index is -0.282. The predicted molar refractivity (Wildman–Crippen MR) is 118 cm³/mol. The van der Waals surface area contributed by atoms with Gasteiger partial charge in [0.25, 0.3) is 0 Å². The van der Waals surface area contributed by atoms with Crippen LogP contribution in [-0.2, 0) is 14.3 Å². The van der Waals surface area contributed by atoms with Gasteiger partial charge in [0.15, 0.2) is 0 Å². The number of carbonyl (C=O) groups is 2. The number of morpholine rings is 1. The van der Waals surface area contributed by atoms with Crippen LogP contribution in [0.4, 0.5) is 4.79 Å². The fraction of sp³-hybridized carbons (Fsp3) is 0.462. The summed E-state index contributed by atoms with van der Waals surface area (Å²) in [6.45, 7) is 5.17. The number of benzene rings is 2. The molecule has 5 rings (SSSR count). The first-order valence-electron chi connectivity index (χ1n) is 11.3. The summed E-state index contributed by atoms with van der Waals surface area (Å²) in [5.41, 5.74) is 4.86. The molecule has 0 radical (unpaired) electrons. The summed E-state index contributed by atoms with van der Waals surface area (Å²) < 4.78 is 11.6. The Morgan fingerprint density at radius 2 is 1.52 bits per heavy atom. The van der Waals surface area contributed by atoms with Crippen LogP contribution < -0.4 is 0 Å². The topological polar surface area (TPSA) is 55.8 Å². The highest BCUT2D eigenvalue weighted by Crippen LogP contribution is 2.44. The Kier molecular flexibility index (Phi) is 5.30. The monoisotopic (exact) mass is 419 g/mol. The van der Waals surface area contributed by atoms with Gasteiger partial charge in [-0.25, -0.2) is 4.79 Å². The molecule has 2 bridgehead atoms. The maximum Gasteiger partial charge on any atom is 0.410 e. The molecule has 0 aromatic heterocycles. The Hall–Kier alpha value is -2.66. The van der Waals surface area contributed by atoms with E-state index in [9.17, 15) is 9.59 Å². The average Bonchev–Trinajstić information content (AvgIpc) is 3.09. The maximum absolute atomic E-state index is 13.2. The van der Waals surface area contributed by atoms with Gasteiger partial charge in [0.05, 0.1) is 25.3 Å². The van der Waals surface area contributed by atoms with E-state index in [1.807, 2.05) is 43.0 Å². The molecule has 2 aromatic rings. The lowest BCUT2D eigenvalue weighted by Crippen LogP contribution is -2.60. The second-order valence-electron chi connectivity index (χ2n) is 9.28. The van der Waals surface area contributed by atoms with Gasteiger partial charge in [-0.05, 0) is 35.1 Å². The third kappa shape index (κ3) is 3.55. The molecule has 5 nitrogen and oxygen atoms in total. The zero-order valence-corrected chi connectivity index (χ0v) is 18.1. The van der Waals surface area contributed by atoms with Crippen LogP contribution >= 0.6 is 0 Å². The lowest BCUT2D eigenvalue weighted by Gasteiger charge is -2.47. The number of hydrogen-bond acceptors (Lipinski definition) is 4. The first-order chi connectivity index (χ1) is 15.0. The summed E-state index contributed by atoms with van der Waals surface area (Å²) in [5.74, 6) is 0.376. The van der Waals surface area contributed by atoms with Crippen molar-refractivity contribution < 1.29 is 19.1 Å². The summed E-state index contributed by atoms with van der Waals surface area (Å²) in [7, 11) is 0. The van der Waals surface area contributed by atoms with Crippen molar-refractivity contribution in [2.24, 2.45) is 11.8 Å². The number of ether oxygens (including phenoxy) is 2. The molecule has 1 amide bonds. The number of nitrogens with zero attached hydrogens (tertiary/aromatic N) is 1. The number of fused-ring (bicyclic) bond motifs is 5. The number of Topliss-reactive ketones (excluding diaryl/α,β-unsaturated/α-hetero) is 1. The molecule has 0 spiro atoms. The number of amides is 1. The fourth-order valence-electron chi connectivity index (χ4n) is 5.59. The van der Waals surface area contributed by atoms with Crippen LogP contribution in [0.1, 0.15) is 43.7 Å². The number of hydrogen-bond donors (Lipinski definition) is 0. The quantitative estimate of drug-likeness (QED) is 0.724. The van der Waals surface area contributed by atoms with Crippen molar-refractivity contribution in [2.75, 3.05) is 19.8 Å². The minimum Gasteiger partial charge on any atom is -0.448 e. The molecule has 2 aliphatic heterocycles. The van der Waals surface area contributed by atoms with Crippen molar-refractivity contribution in [1.82, 2.24) is 4.90 Å². The van der Waals surface area contributed by atoms with Gasteiger partial charge >= 0.3 is 6.09 Å². The van der Waals surface area contributed by atoms with Crippen LogP contribution in [0, 0.1) is 11.8 Å². The summed E-state index contributed by atoms with van der Waals surface area (Å²) >= 11 is 0. The van der Waals surface area contributed by atoms with Gasteiger partial charge in [0.2, 0.25) is 0 Å². The zero-order chi connectivity index (χ0) is 21.5. The van der Waals surface area contributed by atoms with Crippen LogP contribution in [0.3, 0.4) is 0 Å². The molecular formula is C26H29NO4. The van der Waals surface area contributed by atoms with Gasteiger partial charge in [-0.3, -0.25) is 9.69 Å². The number of ketones is 1. The van der Waals surface area contributed by atoms with E-state index in [4.69, 9.17) is 9.47 Å². The Morgan fingerprint density at radius 3 is 2.06 bits per heavy atom. The van der Waals surface area contributed by atoms with Crippen LogP contribution in [0.2, 0.25) is 0 Å². The second-order valence-corrected chi connectivity index (χ2v) is 9.28. The smallest absolute Gasteiger partial charge is 0.410 e. The average molecular weight is 420 g/mol. The van der Waals surface area contributed by atoms with Gasteiger partial charge < -0.3 is 9.47 Å². The van der Waals surface area contributed by atoms with Crippen molar-refractivity contribution in [3.8, 4) is 11.1 Å². The largest absolute Gasteiger partial charge is 0.448 e. The summed E-state index contributed by atoms with van der Waals surface area (Å²) in [6.07, 6.45) is 1.05. The van der Waals surface area contributed by atoms with E-state index in [-0.39, 0.29) is 35.9 Å². The molecule has 2 unspecified atom stereocenters. The molecule has 0 saturated carbocycles. The van der Waals surface area contributed by atoms with E-state index < -0.39 is 0 Å². The van der Waals surface area contributed by atoms with E-state index in [1.165, 1.54) is 22.3 Å². The van der Waals surface area contributed by atoms with Crippen LogP contribution in [0.15, 0.2) is 48.5 Å². The molecule has 162 valence electrons. The summed E-state index contributed by atoms with van der Waals surface area (Å²) in [4.78, 5) is 27.6. The second kappa shape index (κ2) is 8.12. The first kappa shape index (κ1) is 20.3. The number of piperidine rings is 1. The standard InChI is InChI=1S/C26H29NO4/c1-16(2)25(28)17-11-18-13-30-14-19(12-17)27(18)26(29)31-15-24-22-9-5-3-7-20(22)21-8-4-6-10-23(21)24/h3-10,16-19,24H,11-15H2,1-2H3. The Balaban J connectivity index is 1.31. The normalized spacial score (nSPS) is 24.6. The molecule has 5 heteroatoms. The molecular weight excluding hydrogens is 390 g/mol. The van der Waals surface area contributed by atoms with Gasteiger partial charge in [-0.1, -0.05) is 62.4 Å². The maximum atomic E-state index is 13.2. The van der Waals surface area contributed by atoms with Crippen LogP contribution in [0.5, 0.6) is 0 Å². The molecule has 2 saturated heterocycles. The lowest BCUT2D eigenvalue weighted by molar-refractivity contribution is -0.134.